The lowest BCUT2D eigenvalue weighted by atomic mass is 9.94. The molecule has 2 aromatic rings. The van der Waals surface area contributed by atoms with Gasteiger partial charge in [-0.15, -0.1) is 0 Å². The highest BCUT2D eigenvalue weighted by Crippen LogP contribution is 2.31. The van der Waals surface area contributed by atoms with Crippen LogP contribution in [-0.2, 0) is 11.2 Å². The third-order valence-electron chi connectivity index (χ3n) is 5.04. The van der Waals surface area contributed by atoms with Crippen LogP contribution in [0.1, 0.15) is 24.8 Å². The van der Waals surface area contributed by atoms with Gasteiger partial charge in [-0.05, 0) is 49.4 Å². The first kappa shape index (κ1) is 16.0. The minimum Gasteiger partial charge on any atom is -0.340 e. The fraction of sp³-hybridized carbons (Fsp3) is 0.421. The van der Waals surface area contributed by atoms with Gasteiger partial charge in [-0.1, -0.05) is 6.07 Å². The van der Waals surface area contributed by atoms with Crippen molar-refractivity contribution in [3.63, 3.8) is 0 Å². The van der Waals surface area contributed by atoms with Gasteiger partial charge >= 0.3 is 0 Å². The molecule has 0 unspecified atom stereocenters. The average Bonchev–Trinajstić information content (AvgIpc) is 2.68. The molecule has 1 atom stereocenters. The van der Waals surface area contributed by atoms with E-state index in [1.54, 1.807) is 29.4 Å². The second kappa shape index (κ2) is 6.78. The van der Waals surface area contributed by atoms with E-state index in [4.69, 9.17) is 0 Å². The van der Waals surface area contributed by atoms with Gasteiger partial charge in [-0.3, -0.25) is 4.79 Å². The van der Waals surface area contributed by atoms with E-state index < -0.39 is 0 Å². The highest BCUT2D eigenvalue weighted by molar-refractivity contribution is 5.96. The monoisotopic (exact) mass is 340 g/mol. The first-order chi connectivity index (χ1) is 12.2. The molecular weight excluding hydrogens is 319 g/mol. The summed E-state index contributed by atoms with van der Waals surface area (Å²) in [7, 11) is 0. The SMILES string of the molecule is O=C([C@@H]1CCCN(c2ncccn2)C1)N1CCCc2ccc(F)cc21. The van der Waals surface area contributed by atoms with Crippen LogP contribution in [0.5, 0.6) is 0 Å². The highest BCUT2D eigenvalue weighted by atomic mass is 19.1. The number of aromatic nitrogens is 2. The maximum absolute atomic E-state index is 13.7. The molecule has 5 nitrogen and oxygen atoms in total. The molecule has 0 N–H and O–H groups in total. The van der Waals surface area contributed by atoms with Gasteiger partial charge in [0.2, 0.25) is 11.9 Å². The molecule has 0 spiro atoms. The molecule has 130 valence electrons. The van der Waals surface area contributed by atoms with E-state index >= 15 is 0 Å². The molecule has 3 heterocycles. The van der Waals surface area contributed by atoms with E-state index in [0.717, 1.165) is 43.5 Å². The van der Waals surface area contributed by atoms with Crippen LogP contribution in [0.2, 0.25) is 0 Å². The maximum Gasteiger partial charge on any atom is 0.231 e. The van der Waals surface area contributed by atoms with Crippen molar-refractivity contribution >= 4 is 17.5 Å². The zero-order chi connectivity index (χ0) is 17.2. The van der Waals surface area contributed by atoms with Crippen molar-refractivity contribution in [2.45, 2.75) is 25.7 Å². The van der Waals surface area contributed by atoms with Gasteiger partial charge < -0.3 is 9.80 Å². The first-order valence-electron chi connectivity index (χ1n) is 8.84. The number of hydrogen-bond acceptors (Lipinski definition) is 4. The molecule has 1 aromatic carbocycles. The summed E-state index contributed by atoms with van der Waals surface area (Å²) >= 11 is 0. The number of hydrogen-bond donors (Lipinski definition) is 0. The van der Waals surface area contributed by atoms with Crippen molar-refractivity contribution in [2.24, 2.45) is 5.92 Å². The van der Waals surface area contributed by atoms with Gasteiger partial charge in [-0.2, -0.15) is 0 Å². The molecule has 2 aliphatic rings. The van der Waals surface area contributed by atoms with E-state index in [0.29, 0.717) is 19.0 Å². The molecule has 0 bridgehead atoms. The van der Waals surface area contributed by atoms with Crippen molar-refractivity contribution in [2.75, 3.05) is 29.4 Å². The van der Waals surface area contributed by atoms with Crippen LogP contribution in [-0.4, -0.2) is 35.5 Å². The van der Waals surface area contributed by atoms with Gasteiger partial charge in [-0.25, -0.2) is 14.4 Å². The number of anilines is 2. The molecule has 1 fully saturated rings. The average molecular weight is 340 g/mol. The Morgan fingerprint density at radius 2 is 2.00 bits per heavy atom. The number of benzene rings is 1. The number of rotatable bonds is 2. The largest absolute Gasteiger partial charge is 0.340 e. The fourth-order valence-corrected chi connectivity index (χ4v) is 3.81. The number of fused-ring (bicyclic) bond motifs is 1. The van der Waals surface area contributed by atoms with Crippen LogP contribution in [0.4, 0.5) is 16.0 Å². The van der Waals surface area contributed by atoms with Gasteiger partial charge in [0.15, 0.2) is 0 Å². The number of carbonyl (C=O) groups is 1. The molecular formula is C19H21FN4O. The standard InChI is InChI=1S/C19H21FN4O/c20-16-7-6-14-4-2-11-24(17(14)12-16)18(25)15-5-1-10-23(13-15)19-21-8-3-9-22-19/h3,6-9,12,15H,1-2,4-5,10-11,13H2/t15-/m1/s1. The summed E-state index contributed by atoms with van der Waals surface area (Å²) in [5.41, 5.74) is 1.80. The molecule has 0 radical (unpaired) electrons. The van der Waals surface area contributed by atoms with Gasteiger partial charge in [0.25, 0.3) is 0 Å². The van der Waals surface area contributed by atoms with E-state index in [2.05, 4.69) is 14.9 Å². The maximum atomic E-state index is 13.7. The third-order valence-corrected chi connectivity index (χ3v) is 5.04. The summed E-state index contributed by atoms with van der Waals surface area (Å²) in [6.45, 7) is 2.14. The van der Waals surface area contributed by atoms with E-state index in [1.807, 2.05) is 0 Å². The summed E-state index contributed by atoms with van der Waals surface area (Å²) in [5.74, 6) is 0.366. The number of aryl methyl sites for hydroxylation is 1. The minimum atomic E-state index is -0.290. The number of amides is 1. The van der Waals surface area contributed by atoms with Crippen molar-refractivity contribution in [3.05, 3.63) is 48.0 Å². The van der Waals surface area contributed by atoms with Crippen molar-refractivity contribution in [1.29, 1.82) is 0 Å². The summed E-state index contributed by atoms with van der Waals surface area (Å²) in [6, 6.07) is 6.56. The predicted octanol–water partition coefficient (Wildman–Crippen LogP) is 2.81. The Kier molecular flexibility index (Phi) is 4.34. The highest BCUT2D eigenvalue weighted by Gasteiger charge is 2.32. The summed E-state index contributed by atoms with van der Waals surface area (Å²) in [5, 5.41) is 0. The molecule has 6 heteroatoms. The second-order valence-electron chi connectivity index (χ2n) is 6.70. The summed E-state index contributed by atoms with van der Waals surface area (Å²) in [6.07, 6.45) is 7.04. The van der Waals surface area contributed by atoms with Crippen LogP contribution in [0.3, 0.4) is 0 Å². The number of carbonyl (C=O) groups excluding carboxylic acids is 1. The Morgan fingerprint density at radius 3 is 2.84 bits per heavy atom. The van der Waals surface area contributed by atoms with Crippen LogP contribution < -0.4 is 9.80 Å². The Labute approximate surface area is 146 Å². The topological polar surface area (TPSA) is 49.3 Å². The lowest BCUT2D eigenvalue weighted by Gasteiger charge is -2.37. The fourth-order valence-electron chi connectivity index (χ4n) is 3.81. The van der Waals surface area contributed by atoms with Gasteiger partial charge in [0, 0.05) is 37.7 Å². The summed E-state index contributed by atoms with van der Waals surface area (Å²) in [4.78, 5) is 25.6. The normalized spacial score (nSPS) is 20.3. The predicted molar refractivity (Wildman–Crippen MR) is 94.0 cm³/mol. The zero-order valence-electron chi connectivity index (χ0n) is 14.1. The molecule has 25 heavy (non-hydrogen) atoms. The number of halogens is 1. The Morgan fingerprint density at radius 1 is 1.16 bits per heavy atom. The smallest absolute Gasteiger partial charge is 0.231 e. The number of piperidine rings is 1. The molecule has 1 saturated heterocycles. The molecule has 0 aliphatic carbocycles. The van der Waals surface area contributed by atoms with E-state index in [-0.39, 0.29) is 17.6 Å². The zero-order valence-corrected chi connectivity index (χ0v) is 14.1. The second-order valence-corrected chi connectivity index (χ2v) is 6.70. The lowest BCUT2D eigenvalue weighted by molar-refractivity contribution is -0.122. The quantitative estimate of drug-likeness (QED) is 0.843. The van der Waals surface area contributed by atoms with Crippen LogP contribution >= 0.6 is 0 Å². The lowest BCUT2D eigenvalue weighted by Crippen LogP contribution is -2.47. The minimum absolute atomic E-state index is 0.0900. The van der Waals surface area contributed by atoms with Gasteiger partial charge in [0.1, 0.15) is 5.82 Å². The summed E-state index contributed by atoms with van der Waals surface area (Å²) < 4.78 is 13.7. The van der Waals surface area contributed by atoms with Gasteiger partial charge in [0.05, 0.1) is 5.92 Å². The number of nitrogens with zero attached hydrogens (tertiary/aromatic N) is 4. The van der Waals surface area contributed by atoms with Crippen LogP contribution in [0.15, 0.2) is 36.7 Å². The molecule has 1 amide bonds. The molecule has 1 aromatic heterocycles. The first-order valence-corrected chi connectivity index (χ1v) is 8.84. The Balaban J connectivity index is 1.54. The molecule has 4 rings (SSSR count). The Bertz CT molecular complexity index is 767. The van der Waals surface area contributed by atoms with E-state index in [1.165, 1.54) is 12.1 Å². The van der Waals surface area contributed by atoms with E-state index in [9.17, 15) is 9.18 Å². The van der Waals surface area contributed by atoms with Crippen molar-refractivity contribution in [3.8, 4) is 0 Å². The Hall–Kier alpha value is -2.50. The van der Waals surface area contributed by atoms with Crippen LogP contribution in [0.25, 0.3) is 0 Å². The molecule has 0 saturated carbocycles. The van der Waals surface area contributed by atoms with Crippen LogP contribution in [0, 0.1) is 11.7 Å². The molecule has 2 aliphatic heterocycles. The third kappa shape index (κ3) is 3.21. The van der Waals surface area contributed by atoms with Crippen molar-refractivity contribution in [1.82, 2.24) is 9.97 Å². The van der Waals surface area contributed by atoms with Crippen molar-refractivity contribution < 1.29 is 9.18 Å².